The molecule has 0 saturated heterocycles. The van der Waals surface area contributed by atoms with Crippen LogP contribution in [0.5, 0.6) is 0 Å². The second kappa shape index (κ2) is 3.50. The van der Waals surface area contributed by atoms with Crippen LogP contribution in [-0.2, 0) is 4.79 Å². The Morgan fingerprint density at radius 3 is 2.23 bits per heavy atom. The first-order valence-corrected chi connectivity index (χ1v) is 4.56. The van der Waals surface area contributed by atoms with Crippen molar-refractivity contribution >= 4 is 5.97 Å². The zero-order chi connectivity index (χ0) is 10.1. The van der Waals surface area contributed by atoms with Crippen LogP contribution in [0.1, 0.15) is 32.6 Å². The highest BCUT2D eigenvalue weighted by Crippen LogP contribution is 2.41. The number of hydrogen-bond donors (Lipinski definition) is 2. The van der Waals surface area contributed by atoms with Crippen LogP contribution in [0.4, 0.5) is 0 Å². The van der Waals surface area contributed by atoms with Crippen LogP contribution in [0.2, 0.25) is 0 Å². The van der Waals surface area contributed by atoms with E-state index in [1.54, 1.807) is 6.92 Å². The van der Waals surface area contributed by atoms with Crippen LogP contribution in [0.25, 0.3) is 0 Å². The van der Waals surface area contributed by atoms with Crippen molar-refractivity contribution in [2.75, 3.05) is 0 Å². The molecule has 0 bridgehead atoms. The lowest BCUT2D eigenvalue weighted by Gasteiger charge is -2.35. The van der Waals surface area contributed by atoms with Gasteiger partial charge in [0.15, 0.2) is 0 Å². The molecule has 74 valence electrons. The molecular weight excluding hydrogens is 168 g/mol. The van der Waals surface area contributed by atoms with Crippen molar-refractivity contribution in [3.63, 3.8) is 0 Å². The molecule has 0 heterocycles. The number of hydrogen-bond acceptors (Lipinski definition) is 2. The quantitative estimate of drug-likeness (QED) is 0.640. The molecule has 13 heavy (non-hydrogen) atoms. The fraction of sp³-hybridized carbons (Fsp3) is 0.700. The Bertz CT molecular complexity index is 208. The first kappa shape index (κ1) is 10.3. The topological polar surface area (TPSA) is 57.5 Å². The summed E-state index contributed by atoms with van der Waals surface area (Å²) in [5, 5.41) is 18.4. The van der Waals surface area contributed by atoms with Crippen molar-refractivity contribution < 1.29 is 15.0 Å². The van der Waals surface area contributed by atoms with E-state index in [-0.39, 0.29) is 6.10 Å². The monoisotopic (exact) mass is 184 g/mol. The Morgan fingerprint density at radius 1 is 1.46 bits per heavy atom. The third kappa shape index (κ3) is 1.75. The number of rotatable bonds is 2. The SMILES string of the molecule is C=C(C)C1(C(=O)O)CCC(O)CC1. The van der Waals surface area contributed by atoms with Gasteiger partial charge in [0.2, 0.25) is 0 Å². The lowest BCUT2D eigenvalue weighted by atomic mass is 9.69. The molecule has 3 heteroatoms. The summed E-state index contributed by atoms with van der Waals surface area (Å²) in [5.41, 5.74) is -0.0777. The third-order valence-corrected chi connectivity index (χ3v) is 3.04. The highest BCUT2D eigenvalue weighted by molar-refractivity contribution is 5.78. The Labute approximate surface area is 78.1 Å². The summed E-state index contributed by atoms with van der Waals surface area (Å²) >= 11 is 0. The molecule has 0 aromatic carbocycles. The Morgan fingerprint density at radius 2 is 1.92 bits per heavy atom. The van der Waals surface area contributed by atoms with Crippen molar-refractivity contribution in [1.82, 2.24) is 0 Å². The van der Waals surface area contributed by atoms with Gasteiger partial charge < -0.3 is 10.2 Å². The maximum atomic E-state index is 11.1. The number of aliphatic hydroxyl groups excluding tert-OH is 1. The maximum absolute atomic E-state index is 11.1. The summed E-state index contributed by atoms with van der Waals surface area (Å²) in [5.74, 6) is -0.799. The maximum Gasteiger partial charge on any atom is 0.313 e. The average Bonchev–Trinajstić information content (AvgIpc) is 2.04. The first-order chi connectivity index (χ1) is 5.99. The second-order valence-corrected chi connectivity index (χ2v) is 3.90. The number of carboxylic acids is 1. The fourth-order valence-corrected chi connectivity index (χ4v) is 1.92. The van der Waals surface area contributed by atoms with Gasteiger partial charge in [-0.05, 0) is 32.6 Å². The van der Waals surface area contributed by atoms with Crippen LogP contribution in [0.3, 0.4) is 0 Å². The highest BCUT2D eigenvalue weighted by atomic mass is 16.4. The summed E-state index contributed by atoms with van der Waals surface area (Å²) in [6.07, 6.45) is 1.84. The minimum atomic E-state index is -0.799. The molecular formula is C10H16O3. The molecule has 0 spiro atoms. The number of carboxylic acid groups (broad SMARTS) is 1. The molecule has 1 aliphatic rings. The fourth-order valence-electron chi connectivity index (χ4n) is 1.92. The normalized spacial score (nSPS) is 34.2. The summed E-state index contributed by atoms with van der Waals surface area (Å²) in [6, 6.07) is 0. The Hall–Kier alpha value is -0.830. The number of aliphatic carboxylic acids is 1. The summed E-state index contributed by atoms with van der Waals surface area (Å²) < 4.78 is 0. The molecule has 0 amide bonds. The lowest BCUT2D eigenvalue weighted by molar-refractivity contribution is -0.149. The van der Waals surface area contributed by atoms with Gasteiger partial charge in [-0.3, -0.25) is 4.79 Å². The molecule has 3 nitrogen and oxygen atoms in total. The molecule has 0 radical (unpaired) electrons. The van der Waals surface area contributed by atoms with E-state index < -0.39 is 11.4 Å². The molecule has 1 aliphatic carbocycles. The van der Waals surface area contributed by atoms with Gasteiger partial charge in [-0.25, -0.2) is 0 Å². The zero-order valence-electron chi connectivity index (χ0n) is 7.92. The van der Waals surface area contributed by atoms with E-state index in [0.29, 0.717) is 31.3 Å². The van der Waals surface area contributed by atoms with E-state index >= 15 is 0 Å². The predicted molar refractivity (Wildman–Crippen MR) is 49.4 cm³/mol. The van der Waals surface area contributed by atoms with Crippen LogP contribution in [0, 0.1) is 5.41 Å². The van der Waals surface area contributed by atoms with Gasteiger partial charge in [0.1, 0.15) is 0 Å². The highest BCUT2D eigenvalue weighted by Gasteiger charge is 2.42. The summed E-state index contributed by atoms with van der Waals surface area (Å²) in [6.45, 7) is 5.49. The Kier molecular flexibility index (Phi) is 2.76. The summed E-state index contributed by atoms with van der Waals surface area (Å²) in [7, 11) is 0. The largest absolute Gasteiger partial charge is 0.481 e. The first-order valence-electron chi connectivity index (χ1n) is 4.56. The molecule has 1 fully saturated rings. The van der Waals surface area contributed by atoms with Gasteiger partial charge in [0.05, 0.1) is 11.5 Å². The van der Waals surface area contributed by atoms with Crippen LogP contribution < -0.4 is 0 Å². The van der Waals surface area contributed by atoms with Crippen LogP contribution in [0.15, 0.2) is 12.2 Å². The molecule has 0 aromatic heterocycles. The lowest BCUT2D eigenvalue weighted by Crippen LogP contribution is -2.37. The minimum absolute atomic E-state index is 0.327. The van der Waals surface area contributed by atoms with Crippen molar-refractivity contribution in [1.29, 1.82) is 0 Å². The molecule has 0 aromatic rings. The van der Waals surface area contributed by atoms with Gasteiger partial charge >= 0.3 is 5.97 Å². The number of carbonyl (C=O) groups is 1. The summed E-state index contributed by atoms with van der Waals surface area (Å²) in [4.78, 5) is 11.1. The van der Waals surface area contributed by atoms with E-state index in [4.69, 9.17) is 5.11 Å². The van der Waals surface area contributed by atoms with Crippen LogP contribution >= 0.6 is 0 Å². The van der Waals surface area contributed by atoms with Crippen molar-refractivity contribution in [3.05, 3.63) is 12.2 Å². The van der Waals surface area contributed by atoms with Gasteiger partial charge in [-0.1, -0.05) is 12.2 Å². The minimum Gasteiger partial charge on any atom is -0.481 e. The molecule has 1 saturated carbocycles. The van der Waals surface area contributed by atoms with Gasteiger partial charge in [0.25, 0.3) is 0 Å². The molecule has 0 unspecified atom stereocenters. The van der Waals surface area contributed by atoms with E-state index in [1.165, 1.54) is 0 Å². The average molecular weight is 184 g/mol. The zero-order valence-corrected chi connectivity index (χ0v) is 7.92. The van der Waals surface area contributed by atoms with Crippen molar-refractivity contribution in [3.8, 4) is 0 Å². The van der Waals surface area contributed by atoms with E-state index in [1.807, 2.05) is 0 Å². The van der Waals surface area contributed by atoms with Gasteiger partial charge in [-0.15, -0.1) is 0 Å². The van der Waals surface area contributed by atoms with Crippen molar-refractivity contribution in [2.24, 2.45) is 5.41 Å². The standard InChI is InChI=1S/C10H16O3/c1-7(2)10(9(12)13)5-3-8(11)4-6-10/h8,11H,1,3-6H2,2H3,(H,12,13). The predicted octanol–water partition coefficient (Wildman–Crippen LogP) is 1.57. The molecule has 0 aliphatic heterocycles. The second-order valence-electron chi connectivity index (χ2n) is 3.90. The van der Waals surface area contributed by atoms with E-state index in [2.05, 4.69) is 6.58 Å². The Balaban J connectivity index is 2.82. The third-order valence-electron chi connectivity index (χ3n) is 3.04. The molecule has 1 rings (SSSR count). The van der Waals surface area contributed by atoms with Gasteiger partial charge in [-0.2, -0.15) is 0 Å². The molecule has 0 atom stereocenters. The number of aliphatic hydroxyl groups is 1. The smallest absolute Gasteiger partial charge is 0.313 e. The molecule has 2 N–H and O–H groups in total. The van der Waals surface area contributed by atoms with E-state index in [9.17, 15) is 9.90 Å². The van der Waals surface area contributed by atoms with E-state index in [0.717, 1.165) is 0 Å². The van der Waals surface area contributed by atoms with Gasteiger partial charge in [0, 0.05) is 0 Å². The van der Waals surface area contributed by atoms with Crippen LogP contribution in [-0.4, -0.2) is 22.3 Å². The van der Waals surface area contributed by atoms with Crippen molar-refractivity contribution in [2.45, 2.75) is 38.7 Å².